The third-order valence-electron chi connectivity index (χ3n) is 1.76. The van der Waals surface area contributed by atoms with E-state index in [1.54, 1.807) is 6.07 Å². The lowest BCUT2D eigenvalue weighted by Crippen LogP contribution is -2.14. The van der Waals surface area contributed by atoms with Crippen molar-refractivity contribution in [2.45, 2.75) is 19.9 Å². The van der Waals surface area contributed by atoms with Crippen molar-refractivity contribution in [2.75, 3.05) is 6.54 Å². The van der Waals surface area contributed by atoms with Crippen LogP contribution in [0.15, 0.2) is 22.7 Å². The maximum atomic E-state index is 12.7. The number of halogens is 2. The number of hydrogen-bond donors (Lipinski definition) is 1. The minimum atomic E-state index is -0.203. The van der Waals surface area contributed by atoms with Crippen LogP contribution in [0.25, 0.3) is 0 Å². The van der Waals surface area contributed by atoms with E-state index in [-0.39, 0.29) is 5.82 Å². The van der Waals surface area contributed by atoms with Crippen molar-refractivity contribution >= 4 is 15.9 Å². The first-order valence-electron chi connectivity index (χ1n) is 4.38. The van der Waals surface area contributed by atoms with Crippen molar-refractivity contribution < 1.29 is 4.39 Å². The third-order valence-corrected chi connectivity index (χ3v) is 2.50. The van der Waals surface area contributed by atoms with Gasteiger partial charge in [-0.25, -0.2) is 4.39 Å². The molecule has 13 heavy (non-hydrogen) atoms. The standard InChI is InChI=1S/C10H13BrFN/c1-2-5-13-7-8-3-4-9(12)6-10(8)11/h3-4,6,13H,2,5,7H2,1H3. The lowest BCUT2D eigenvalue weighted by Gasteiger charge is -2.05. The molecule has 0 radical (unpaired) electrons. The Kier molecular flexibility index (Phi) is 4.39. The van der Waals surface area contributed by atoms with Gasteiger partial charge >= 0.3 is 0 Å². The second-order valence-corrected chi connectivity index (χ2v) is 3.77. The van der Waals surface area contributed by atoms with Crippen LogP contribution in [-0.2, 0) is 6.54 Å². The highest BCUT2D eigenvalue weighted by Crippen LogP contribution is 2.17. The molecule has 1 N–H and O–H groups in total. The molecule has 0 spiro atoms. The summed E-state index contributed by atoms with van der Waals surface area (Å²) in [7, 11) is 0. The van der Waals surface area contributed by atoms with Crippen LogP contribution in [0.3, 0.4) is 0 Å². The summed E-state index contributed by atoms with van der Waals surface area (Å²) in [5, 5.41) is 3.26. The number of rotatable bonds is 4. The van der Waals surface area contributed by atoms with E-state index in [1.807, 2.05) is 0 Å². The van der Waals surface area contributed by atoms with E-state index in [0.717, 1.165) is 29.5 Å². The molecule has 0 aromatic heterocycles. The fourth-order valence-electron chi connectivity index (χ4n) is 1.06. The molecule has 72 valence electrons. The second-order valence-electron chi connectivity index (χ2n) is 2.91. The smallest absolute Gasteiger partial charge is 0.124 e. The van der Waals surface area contributed by atoms with Gasteiger partial charge in [-0.2, -0.15) is 0 Å². The first-order chi connectivity index (χ1) is 6.24. The van der Waals surface area contributed by atoms with Gasteiger partial charge in [-0.1, -0.05) is 28.9 Å². The average Bonchev–Trinajstić information content (AvgIpc) is 2.09. The summed E-state index contributed by atoms with van der Waals surface area (Å²) in [6.07, 6.45) is 1.11. The predicted molar refractivity (Wildman–Crippen MR) is 56.1 cm³/mol. The molecule has 0 fully saturated rings. The van der Waals surface area contributed by atoms with Gasteiger partial charge in [0.2, 0.25) is 0 Å². The minimum Gasteiger partial charge on any atom is -0.313 e. The first-order valence-corrected chi connectivity index (χ1v) is 5.18. The first kappa shape index (κ1) is 10.7. The highest BCUT2D eigenvalue weighted by molar-refractivity contribution is 9.10. The Labute approximate surface area is 86.5 Å². The van der Waals surface area contributed by atoms with E-state index < -0.39 is 0 Å². The van der Waals surface area contributed by atoms with Crippen LogP contribution in [-0.4, -0.2) is 6.54 Å². The molecule has 0 aliphatic heterocycles. The summed E-state index contributed by atoms with van der Waals surface area (Å²) < 4.78 is 13.5. The van der Waals surface area contributed by atoms with Crippen molar-refractivity contribution in [3.05, 3.63) is 34.1 Å². The maximum absolute atomic E-state index is 12.7. The molecular weight excluding hydrogens is 233 g/mol. The largest absolute Gasteiger partial charge is 0.313 e. The Morgan fingerprint density at radius 3 is 2.85 bits per heavy atom. The molecule has 0 aliphatic rings. The van der Waals surface area contributed by atoms with Gasteiger partial charge in [0.25, 0.3) is 0 Å². The Morgan fingerprint density at radius 2 is 2.23 bits per heavy atom. The number of benzene rings is 1. The van der Waals surface area contributed by atoms with Gasteiger partial charge in [0.15, 0.2) is 0 Å². The van der Waals surface area contributed by atoms with Gasteiger partial charge in [0, 0.05) is 11.0 Å². The third kappa shape index (κ3) is 3.44. The summed E-state index contributed by atoms with van der Waals surface area (Å²) in [6, 6.07) is 4.76. The predicted octanol–water partition coefficient (Wildman–Crippen LogP) is 3.09. The molecule has 1 rings (SSSR count). The van der Waals surface area contributed by atoms with Crippen molar-refractivity contribution in [3.8, 4) is 0 Å². The molecule has 3 heteroatoms. The van der Waals surface area contributed by atoms with E-state index in [1.165, 1.54) is 12.1 Å². The highest BCUT2D eigenvalue weighted by atomic mass is 79.9. The molecule has 0 atom stereocenters. The SMILES string of the molecule is CCCNCc1ccc(F)cc1Br. The summed E-state index contributed by atoms with van der Waals surface area (Å²) in [5.41, 5.74) is 1.09. The summed E-state index contributed by atoms with van der Waals surface area (Å²) in [5.74, 6) is -0.203. The summed E-state index contributed by atoms with van der Waals surface area (Å²) in [4.78, 5) is 0. The van der Waals surface area contributed by atoms with Crippen molar-refractivity contribution in [2.24, 2.45) is 0 Å². The fourth-order valence-corrected chi connectivity index (χ4v) is 1.56. The van der Waals surface area contributed by atoms with Crippen LogP contribution in [0.4, 0.5) is 4.39 Å². The van der Waals surface area contributed by atoms with E-state index in [9.17, 15) is 4.39 Å². The average molecular weight is 246 g/mol. The molecule has 0 saturated carbocycles. The molecule has 0 amide bonds. The van der Waals surface area contributed by atoms with Gasteiger partial charge in [-0.15, -0.1) is 0 Å². The zero-order chi connectivity index (χ0) is 9.68. The molecule has 0 unspecified atom stereocenters. The minimum absolute atomic E-state index is 0.203. The lowest BCUT2D eigenvalue weighted by molar-refractivity contribution is 0.623. The van der Waals surface area contributed by atoms with Crippen LogP contribution in [0, 0.1) is 5.82 Å². The van der Waals surface area contributed by atoms with Crippen molar-refractivity contribution in [1.29, 1.82) is 0 Å². The quantitative estimate of drug-likeness (QED) is 0.805. The van der Waals surface area contributed by atoms with E-state index >= 15 is 0 Å². The zero-order valence-electron chi connectivity index (χ0n) is 7.61. The molecular formula is C10H13BrFN. The zero-order valence-corrected chi connectivity index (χ0v) is 9.20. The van der Waals surface area contributed by atoms with E-state index in [0.29, 0.717) is 0 Å². The number of nitrogens with one attached hydrogen (secondary N) is 1. The molecule has 1 aromatic carbocycles. The maximum Gasteiger partial charge on any atom is 0.124 e. The molecule has 0 aliphatic carbocycles. The highest BCUT2D eigenvalue weighted by Gasteiger charge is 1.99. The normalized spacial score (nSPS) is 10.4. The molecule has 1 aromatic rings. The summed E-state index contributed by atoms with van der Waals surface area (Å²) in [6.45, 7) is 3.89. The molecule has 0 heterocycles. The van der Waals surface area contributed by atoms with Crippen LogP contribution in [0.1, 0.15) is 18.9 Å². The Morgan fingerprint density at radius 1 is 1.46 bits per heavy atom. The van der Waals surface area contributed by atoms with Crippen LogP contribution in [0.5, 0.6) is 0 Å². The van der Waals surface area contributed by atoms with E-state index in [2.05, 4.69) is 28.2 Å². The Bertz CT molecular complexity index is 276. The molecule has 1 nitrogen and oxygen atoms in total. The van der Waals surface area contributed by atoms with Gasteiger partial charge in [0.05, 0.1) is 0 Å². The Hall–Kier alpha value is -0.410. The van der Waals surface area contributed by atoms with Crippen molar-refractivity contribution in [3.63, 3.8) is 0 Å². The van der Waals surface area contributed by atoms with Crippen LogP contribution >= 0.6 is 15.9 Å². The van der Waals surface area contributed by atoms with Crippen LogP contribution in [0.2, 0.25) is 0 Å². The molecule has 0 saturated heterocycles. The fraction of sp³-hybridized carbons (Fsp3) is 0.400. The summed E-state index contributed by atoms with van der Waals surface area (Å²) >= 11 is 3.32. The lowest BCUT2D eigenvalue weighted by atomic mass is 10.2. The van der Waals surface area contributed by atoms with E-state index in [4.69, 9.17) is 0 Å². The van der Waals surface area contributed by atoms with Crippen molar-refractivity contribution in [1.82, 2.24) is 5.32 Å². The topological polar surface area (TPSA) is 12.0 Å². The van der Waals surface area contributed by atoms with Gasteiger partial charge in [0.1, 0.15) is 5.82 Å². The van der Waals surface area contributed by atoms with Gasteiger partial charge < -0.3 is 5.32 Å². The second kappa shape index (κ2) is 5.35. The molecule has 0 bridgehead atoms. The van der Waals surface area contributed by atoms with Gasteiger partial charge in [-0.05, 0) is 30.7 Å². The Balaban J connectivity index is 2.56. The van der Waals surface area contributed by atoms with Crippen LogP contribution < -0.4 is 5.32 Å². The van der Waals surface area contributed by atoms with Gasteiger partial charge in [-0.3, -0.25) is 0 Å². The monoisotopic (exact) mass is 245 g/mol. The number of hydrogen-bond acceptors (Lipinski definition) is 1.